The molecule has 2 heterocycles. The monoisotopic (exact) mass is 341 g/mol. The average molecular weight is 342 g/mol. The van der Waals surface area contributed by atoms with Crippen molar-refractivity contribution in [3.05, 3.63) is 33.1 Å². The second-order valence-electron chi connectivity index (χ2n) is 4.33. The van der Waals surface area contributed by atoms with Crippen LogP contribution in [0.4, 0.5) is 5.82 Å². The highest BCUT2D eigenvalue weighted by Crippen LogP contribution is 2.24. The number of nitrogens with zero attached hydrogens (tertiary/aromatic N) is 3. The number of amides is 1. The van der Waals surface area contributed by atoms with E-state index >= 15 is 0 Å². The van der Waals surface area contributed by atoms with Gasteiger partial charge < -0.3 is 0 Å². The standard InChI is InChI=1S/C13H16BrN3OS/c1-16(13-11(14)9-15-17(13)2)12(18)7-3-5-10-6-4-8-19-10/h4,6,8-9H,3,5,7H2,1-2H3. The first-order valence-corrected chi connectivity index (χ1v) is 7.73. The molecule has 0 N–H and O–H groups in total. The minimum absolute atomic E-state index is 0.112. The Hall–Kier alpha value is -1.14. The van der Waals surface area contributed by atoms with Gasteiger partial charge in [0.25, 0.3) is 0 Å². The van der Waals surface area contributed by atoms with E-state index in [2.05, 4.69) is 32.5 Å². The maximum Gasteiger partial charge on any atom is 0.227 e. The van der Waals surface area contributed by atoms with Crippen molar-refractivity contribution in [3.8, 4) is 0 Å². The van der Waals surface area contributed by atoms with Crippen LogP contribution in [0.3, 0.4) is 0 Å². The number of anilines is 1. The Morgan fingerprint density at radius 1 is 1.58 bits per heavy atom. The summed E-state index contributed by atoms with van der Waals surface area (Å²) in [4.78, 5) is 15.1. The number of rotatable bonds is 5. The largest absolute Gasteiger partial charge is 0.299 e. The van der Waals surface area contributed by atoms with E-state index in [0.29, 0.717) is 6.42 Å². The predicted molar refractivity (Wildman–Crippen MR) is 81.6 cm³/mol. The van der Waals surface area contributed by atoms with Crippen LogP contribution in [-0.4, -0.2) is 22.7 Å². The van der Waals surface area contributed by atoms with Crippen LogP contribution in [0.25, 0.3) is 0 Å². The molecule has 0 bridgehead atoms. The fourth-order valence-electron chi connectivity index (χ4n) is 1.94. The molecular weight excluding hydrogens is 326 g/mol. The predicted octanol–water partition coefficient (Wildman–Crippen LogP) is 3.23. The van der Waals surface area contributed by atoms with Gasteiger partial charge in [-0.1, -0.05) is 6.07 Å². The quantitative estimate of drug-likeness (QED) is 0.837. The van der Waals surface area contributed by atoms with Gasteiger partial charge in [0, 0.05) is 25.4 Å². The third-order valence-electron chi connectivity index (χ3n) is 2.95. The normalized spacial score (nSPS) is 10.7. The first kappa shape index (κ1) is 14.3. The number of aryl methyl sites for hydroxylation is 2. The highest BCUT2D eigenvalue weighted by Gasteiger charge is 2.17. The third-order valence-corrected chi connectivity index (χ3v) is 4.45. The Kier molecular flexibility index (Phi) is 4.76. The molecule has 0 atom stereocenters. The van der Waals surface area contributed by atoms with Gasteiger partial charge in [-0.05, 0) is 40.2 Å². The molecular formula is C13H16BrN3OS. The van der Waals surface area contributed by atoms with E-state index in [1.165, 1.54) is 4.88 Å². The molecule has 4 nitrogen and oxygen atoms in total. The summed E-state index contributed by atoms with van der Waals surface area (Å²) in [6.45, 7) is 0. The van der Waals surface area contributed by atoms with Gasteiger partial charge in [0.2, 0.25) is 5.91 Å². The van der Waals surface area contributed by atoms with Gasteiger partial charge in [0.05, 0.1) is 10.7 Å². The summed E-state index contributed by atoms with van der Waals surface area (Å²) in [5.41, 5.74) is 0. The molecule has 0 spiro atoms. The molecule has 1 amide bonds. The van der Waals surface area contributed by atoms with Crippen molar-refractivity contribution < 1.29 is 4.79 Å². The van der Waals surface area contributed by atoms with Crippen molar-refractivity contribution in [2.24, 2.45) is 7.05 Å². The maximum atomic E-state index is 12.1. The van der Waals surface area contributed by atoms with Crippen LogP contribution in [0.1, 0.15) is 17.7 Å². The van der Waals surface area contributed by atoms with E-state index in [1.807, 2.05) is 13.1 Å². The van der Waals surface area contributed by atoms with Gasteiger partial charge in [-0.15, -0.1) is 11.3 Å². The van der Waals surface area contributed by atoms with Crippen LogP contribution in [0.15, 0.2) is 28.2 Å². The first-order valence-electron chi connectivity index (χ1n) is 6.06. The fraction of sp³-hybridized carbons (Fsp3) is 0.385. The zero-order valence-electron chi connectivity index (χ0n) is 11.0. The van der Waals surface area contributed by atoms with E-state index in [1.54, 1.807) is 34.2 Å². The molecule has 0 fully saturated rings. The Morgan fingerprint density at radius 3 is 2.95 bits per heavy atom. The summed E-state index contributed by atoms with van der Waals surface area (Å²) in [6.07, 6.45) is 4.08. The molecule has 102 valence electrons. The van der Waals surface area contributed by atoms with E-state index < -0.39 is 0 Å². The van der Waals surface area contributed by atoms with Crippen molar-refractivity contribution in [2.75, 3.05) is 11.9 Å². The number of hydrogen-bond donors (Lipinski definition) is 0. The van der Waals surface area contributed by atoms with Crippen LogP contribution in [0.2, 0.25) is 0 Å². The SMILES string of the molecule is CN(C(=O)CCCc1cccs1)c1c(Br)cnn1C. The van der Waals surface area contributed by atoms with Crippen molar-refractivity contribution in [3.63, 3.8) is 0 Å². The van der Waals surface area contributed by atoms with Crippen LogP contribution in [0.5, 0.6) is 0 Å². The highest BCUT2D eigenvalue weighted by atomic mass is 79.9. The minimum Gasteiger partial charge on any atom is -0.299 e. The molecule has 0 unspecified atom stereocenters. The average Bonchev–Trinajstić information content (AvgIpc) is 2.99. The topological polar surface area (TPSA) is 38.1 Å². The summed E-state index contributed by atoms with van der Waals surface area (Å²) < 4.78 is 2.53. The minimum atomic E-state index is 0.112. The van der Waals surface area contributed by atoms with Crippen molar-refractivity contribution in [1.29, 1.82) is 0 Å². The van der Waals surface area contributed by atoms with Crippen LogP contribution in [-0.2, 0) is 18.3 Å². The summed E-state index contributed by atoms with van der Waals surface area (Å²) in [5, 5.41) is 6.18. The van der Waals surface area contributed by atoms with Crippen LogP contribution >= 0.6 is 27.3 Å². The first-order chi connectivity index (χ1) is 9.09. The summed E-state index contributed by atoms with van der Waals surface area (Å²) in [5.74, 6) is 0.905. The molecule has 0 saturated carbocycles. The number of carbonyl (C=O) groups excluding carboxylic acids is 1. The van der Waals surface area contributed by atoms with E-state index in [0.717, 1.165) is 23.1 Å². The molecule has 19 heavy (non-hydrogen) atoms. The number of hydrogen-bond acceptors (Lipinski definition) is 3. The van der Waals surface area contributed by atoms with Gasteiger partial charge in [-0.3, -0.25) is 14.4 Å². The Bertz CT molecular complexity index is 531. The van der Waals surface area contributed by atoms with Crippen molar-refractivity contribution in [2.45, 2.75) is 19.3 Å². The number of aromatic nitrogens is 2. The van der Waals surface area contributed by atoms with Gasteiger partial charge >= 0.3 is 0 Å². The van der Waals surface area contributed by atoms with Crippen molar-refractivity contribution >= 4 is 39.0 Å². The second-order valence-corrected chi connectivity index (χ2v) is 6.21. The van der Waals surface area contributed by atoms with Crippen molar-refractivity contribution in [1.82, 2.24) is 9.78 Å². The summed E-state index contributed by atoms with van der Waals surface area (Å²) in [7, 11) is 3.62. The molecule has 0 saturated heterocycles. The molecule has 2 rings (SSSR count). The number of carbonyl (C=O) groups is 1. The lowest BCUT2D eigenvalue weighted by Gasteiger charge is -2.17. The lowest BCUT2D eigenvalue weighted by molar-refractivity contribution is -0.118. The van der Waals surface area contributed by atoms with Crippen LogP contribution in [0, 0.1) is 0 Å². The molecule has 0 radical (unpaired) electrons. The fourth-order valence-corrected chi connectivity index (χ4v) is 3.30. The zero-order chi connectivity index (χ0) is 13.8. The number of halogens is 1. The van der Waals surface area contributed by atoms with E-state index in [4.69, 9.17) is 0 Å². The molecule has 0 aliphatic rings. The van der Waals surface area contributed by atoms with Gasteiger partial charge in [0.15, 0.2) is 0 Å². The smallest absolute Gasteiger partial charge is 0.227 e. The molecule has 0 aliphatic heterocycles. The Labute approximate surface area is 125 Å². The second kappa shape index (κ2) is 6.34. The summed E-state index contributed by atoms with van der Waals surface area (Å²) in [6, 6.07) is 4.15. The van der Waals surface area contributed by atoms with E-state index in [9.17, 15) is 4.79 Å². The van der Waals surface area contributed by atoms with Gasteiger partial charge in [-0.25, -0.2) is 0 Å². The van der Waals surface area contributed by atoms with Gasteiger partial charge in [0.1, 0.15) is 5.82 Å². The lowest BCUT2D eigenvalue weighted by Crippen LogP contribution is -2.28. The highest BCUT2D eigenvalue weighted by molar-refractivity contribution is 9.10. The molecule has 6 heteroatoms. The van der Waals surface area contributed by atoms with E-state index in [-0.39, 0.29) is 5.91 Å². The lowest BCUT2D eigenvalue weighted by atomic mass is 10.2. The molecule has 2 aromatic rings. The third kappa shape index (κ3) is 3.45. The van der Waals surface area contributed by atoms with Gasteiger partial charge in [-0.2, -0.15) is 5.10 Å². The Morgan fingerprint density at radius 2 is 2.37 bits per heavy atom. The maximum absolute atomic E-state index is 12.1. The molecule has 0 aromatic carbocycles. The zero-order valence-corrected chi connectivity index (χ0v) is 13.4. The molecule has 2 aromatic heterocycles. The Balaban J connectivity index is 1.89. The number of thiophene rings is 1. The molecule has 0 aliphatic carbocycles. The summed E-state index contributed by atoms with van der Waals surface area (Å²) >= 11 is 5.15. The van der Waals surface area contributed by atoms with Crippen LogP contribution < -0.4 is 4.90 Å².